The summed E-state index contributed by atoms with van der Waals surface area (Å²) in [5.74, 6) is -3.32. The maximum Gasteiger partial charge on any atom is 0.307 e. The number of hydrogen-bond acceptors (Lipinski definition) is 4. The second kappa shape index (κ2) is 8.62. The number of carbonyl (C=O) groups excluding carboxylic acids is 2. The maximum atomic E-state index is 12.7. The Labute approximate surface area is 146 Å². The van der Waals surface area contributed by atoms with Crippen molar-refractivity contribution < 1.29 is 24.7 Å². The van der Waals surface area contributed by atoms with Gasteiger partial charge in [0.05, 0.1) is 11.8 Å². The first-order chi connectivity index (χ1) is 12.0. The Kier molecular flexibility index (Phi) is 6.52. The van der Waals surface area contributed by atoms with E-state index >= 15 is 0 Å². The molecule has 136 valence electrons. The molecule has 3 N–H and O–H groups in total. The van der Waals surface area contributed by atoms with Crippen LogP contribution < -0.4 is 5.48 Å². The van der Waals surface area contributed by atoms with E-state index < -0.39 is 29.8 Å². The normalized spacial score (nSPS) is 20.7. The van der Waals surface area contributed by atoms with Crippen molar-refractivity contribution in [1.29, 1.82) is 0 Å². The van der Waals surface area contributed by atoms with Crippen LogP contribution in [0.15, 0.2) is 30.3 Å². The Bertz CT molecular complexity index is 619. The molecule has 0 spiro atoms. The molecule has 0 saturated heterocycles. The summed E-state index contributed by atoms with van der Waals surface area (Å²) in [6.45, 7) is 0. The minimum Gasteiger partial charge on any atom is -0.481 e. The zero-order chi connectivity index (χ0) is 18.4. The Morgan fingerprint density at radius 2 is 1.84 bits per heavy atom. The zero-order valence-electron chi connectivity index (χ0n) is 14.2. The molecule has 3 atom stereocenters. The van der Waals surface area contributed by atoms with Crippen molar-refractivity contribution >= 4 is 17.8 Å². The number of nitrogens with zero attached hydrogens (tertiary/aromatic N) is 1. The van der Waals surface area contributed by atoms with Gasteiger partial charge in [0.1, 0.15) is 6.04 Å². The fourth-order valence-electron chi connectivity index (χ4n) is 3.49. The molecular weight excluding hydrogens is 324 g/mol. The summed E-state index contributed by atoms with van der Waals surface area (Å²) in [5, 5.41) is 18.3. The molecule has 7 heteroatoms. The molecule has 1 aromatic carbocycles. The molecule has 1 aliphatic carbocycles. The largest absolute Gasteiger partial charge is 0.481 e. The van der Waals surface area contributed by atoms with Crippen LogP contribution in [0.3, 0.4) is 0 Å². The molecule has 0 bridgehead atoms. The number of hydroxylamine groups is 1. The van der Waals surface area contributed by atoms with Crippen LogP contribution in [0.2, 0.25) is 0 Å². The monoisotopic (exact) mass is 348 g/mol. The summed E-state index contributed by atoms with van der Waals surface area (Å²) in [6.07, 6.45) is 2.56. The van der Waals surface area contributed by atoms with Gasteiger partial charge < -0.3 is 10.0 Å². The molecule has 2 amide bonds. The molecule has 0 aromatic heterocycles. The van der Waals surface area contributed by atoms with Gasteiger partial charge in [0.2, 0.25) is 5.91 Å². The average Bonchev–Trinajstić information content (AvgIpc) is 3.11. The Morgan fingerprint density at radius 1 is 1.20 bits per heavy atom. The van der Waals surface area contributed by atoms with Gasteiger partial charge in [-0.2, -0.15) is 0 Å². The van der Waals surface area contributed by atoms with Crippen LogP contribution in [0.4, 0.5) is 0 Å². The second-order valence-corrected chi connectivity index (χ2v) is 6.45. The summed E-state index contributed by atoms with van der Waals surface area (Å²) in [4.78, 5) is 37.4. The van der Waals surface area contributed by atoms with E-state index in [1.54, 1.807) is 5.48 Å². The van der Waals surface area contributed by atoms with Gasteiger partial charge in [-0.3, -0.25) is 19.6 Å². The average molecular weight is 348 g/mol. The summed E-state index contributed by atoms with van der Waals surface area (Å²) in [5.41, 5.74) is 2.63. The third kappa shape index (κ3) is 4.57. The van der Waals surface area contributed by atoms with E-state index in [2.05, 4.69) is 0 Å². The zero-order valence-corrected chi connectivity index (χ0v) is 14.2. The van der Waals surface area contributed by atoms with E-state index in [1.807, 2.05) is 30.3 Å². The Morgan fingerprint density at radius 3 is 2.44 bits per heavy atom. The van der Waals surface area contributed by atoms with Gasteiger partial charge in [0.15, 0.2) is 0 Å². The van der Waals surface area contributed by atoms with Gasteiger partial charge in [-0.25, -0.2) is 5.48 Å². The Hall–Kier alpha value is -2.41. The van der Waals surface area contributed by atoms with Crippen LogP contribution in [0, 0.1) is 11.8 Å². The van der Waals surface area contributed by atoms with Crippen molar-refractivity contribution in [3.8, 4) is 0 Å². The first-order valence-corrected chi connectivity index (χ1v) is 8.43. The van der Waals surface area contributed by atoms with Crippen LogP contribution in [-0.2, 0) is 20.8 Å². The van der Waals surface area contributed by atoms with E-state index in [1.165, 1.54) is 11.9 Å². The number of nitrogens with one attached hydrogen (secondary N) is 1. The number of aryl methyl sites for hydroxylation is 1. The fourth-order valence-corrected chi connectivity index (χ4v) is 3.49. The third-order valence-electron chi connectivity index (χ3n) is 4.93. The number of likely N-dealkylation sites (N-methyl/N-ethyl adjacent to an activating group) is 1. The van der Waals surface area contributed by atoms with E-state index in [-0.39, 0.29) is 5.91 Å². The number of carboxylic acid groups (broad SMARTS) is 1. The summed E-state index contributed by atoms with van der Waals surface area (Å²) in [7, 11) is 1.49. The number of amides is 2. The fraction of sp³-hybridized carbons (Fsp3) is 0.500. The molecule has 1 saturated carbocycles. The molecule has 0 aliphatic heterocycles. The maximum absolute atomic E-state index is 12.7. The van der Waals surface area contributed by atoms with Crippen molar-refractivity contribution in [3.63, 3.8) is 0 Å². The number of carbonyl (C=O) groups is 3. The minimum absolute atomic E-state index is 0.336. The Balaban J connectivity index is 2.09. The molecule has 0 heterocycles. The SMILES string of the molecule is CN(C(=O)C1CCCC1C(=O)O)C(CCc1ccccc1)C(=O)NO. The first-order valence-electron chi connectivity index (χ1n) is 8.43. The number of hydrogen-bond donors (Lipinski definition) is 3. The van der Waals surface area contributed by atoms with Gasteiger partial charge in [0.25, 0.3) is 5.91 Å². The first kappa shape index (κ1) is 18.9. The number of rotatable bonds is 7. The second-order valence-electron chi connectivity index (χ2n) is 6.45. The van der Waals surface area contributed by atoms with Crippen LogP contribution in [0.1, 0.15) is 31.2 Å². The van der Waals surface area contributed by atoms with E-state index in [0.29, 0.717) is 32.1 Å². The quantitative estimate of drug-likeness (QED) is 0.511. The van der Waals surface area contributed by atoms with E-state index in [0.717, 1.165) is 5.56 Å². The molecule has 1 aliphatic rings. The molecular formula is C18H24N2O5. The predicted octanol–water partition coefficient (Wildman–Crippen LogP) is 1.45. The van der Waals surface area contributed by atoms with Gasteiger partial charge in [0, 0.05) is 7.05 Å². The minimum atomic E-state index is -0.975. The summed E-state index contributed by atoms with van der Waals surface area (Å²) in [6, 6.07) is 8.67. The van der Waals surface area contributed by atoms with Gasteiger partial charge in [-0.05, 0) is 31.2 Å². The van der Waals surface area contributed by atoms with Gasteiger partial charge >= 0.3 is 5.97 Å². The van der Waals surface area contributed by atoms with Crippen molar-refractivity contribution in [2.24, 2.45) is 11.8 Å². The van der Waals surface area contributed by atoms with Crippen molar-refractivity contribution in [2.75, 3.05) is 7.05 Å². The summed E-state index contributed by atoms with van der Waals surface area (Å²) < 4.78 is 0. The van der Waals surface area contributed by atoms with Crippen LogP contribution in [0.5, 0.6) is 0 Å². The summed E-state index contributed by atoms with van der Waals surface area (Å²) >= 11 is 0. The van der Waals surface area contributed by atoms with Crippen LogP contribution in [0.25, 0.3) is 0 Å². The highest BCUT2D eigenvalue weighted by Gasteiger charge is 2.41. The van der Waals surface area contributed by atoms with E-state index in [4.69, 9.17) is 5.21 Å². The molecule has 7 nitrogen and oxygen atoms in total. The standard InChI is InChI=1S/C18H24N2O5/c1-20(17(22)13-8-5-9-14(13)18(23)24)15(16(21)19-25)11-10-12-6-3-2-4-7-12/h2-4,6-7,13-15,25H,5,8-11H2,1H3,(H,19,21)(H,23,24). The van der Waals surface area contributed by atoms with Crippen molar-refractivity contribution in [1.82, 2.24) is 10.4 Å². The third-order valence-corrected chi connectivity index (χ3v) is 4.93. The predicted molar refractivity (Wildman–Crippen MR) is 89.7 cm³/mol. The molecule has 1 fully saturated rings. The lowest BCUT2D eigenvalue weighted by Crippen LogP contribution is -2.50. The van der Waals surface area contributed by atoms with Crippen molar-refractivity contribution in [3.05, 3.63) is 35.9 Å². The number of carboxylic acids is 1. The van der Waals surface area contributed by atoms with Crippen molar-refractivity contribution in [2.45, 2.75) is 38.1 Å². The van der Waals surface area contributed by atoms with Gasteiger partial charge in [-0.15, -0.1) is 0 Å². The molecule has 3 unspecified atom stereocenters. The number of benzene rings is 1. The highest BCUT2D eigenvalue weighted by atomic mass is 16.5. The molecule has 25 heavy (non-hydrogen) atoms. The highest BCUT2D eigenvalue weighted by Crippen LogP contribution is 2.33. The number of aliphatic carboxylic acids is 1. The molecule has 2 rings (SSSR count). The van der Waals surface area contributed by atoms with Crippen LogP contribution in [-0.4, -0.2) is 46.1 Å². The lowest BCUT2D eigenvalue weighted by molar-refractivity contribution is -0.151. The smallest absolute Gasteiger partial charge is 0.307 e. The van der Waals surface area contributed by atoms with Crippen LogP contribution >= 0.6 is 0 Å². The highest BCUT2D eigenvalue weighted by molar-refractivity contribution is 5.90. The topological polar surface area (TPSA) is 107 Å². The van der Waals surface area contributed by atoms with E-state index in [9.17, 15) is 19.5 Å². The molecule has 1 aromatic rings. The van der Waals surface area contributed by atoms with Gasteiger partial charge in [-0.1, -0.05) is 36.8 Å². The lowest BCUT2D eigenvalue weighted by Gasteiger charge is -2.30. The molecule has 0 radical (unpaired) electrons. The lowest BCUT2D eigenvalue weighted by atomic mass is 9.93.